The zero-order valence-corrected chi connectivity index (χ0v) is 23.5. The number of carbonyl (C=O) groups excluding carboxylic acids is 2. The van der Waals surface area contributed by atoms with Gasteiger partial charge in [-0.3, -0.25) is 19.1 Å². The first-order valence-electron chi connectivity index (χ1n) is 14.5. The molecule has 2 atom stereocenters. The molecule has 9 nitrogen and oxygen atoms in total. The van der Waals surface area contributed by atoms with Gasteiger partial charge in [0.05, 0.1) is 33.9 Å². The molecule has 212 valence electrons. The van der Waals surface area contributed by atoms with E-state index in [0.717, 1.165) is 40.9 Å². The molecule has 3 heterocycles. The Hall–Kier alpha value is -3.72. The lowest BCUT2D eigenvalue weighted by molar-refractivity contribution is -0.142. The van der Waals surface area contributed by atoms with Gasteiger partial charge in [-0.25, -0.2) is 0 Å². The van der Waals surface area contributed by atoms with Gasteiger partial charge in [-0.2, -0.15) is 14.9 Å². The fourth-order valence-electron chi connectivity index (χ4n) is 6.69. The molecule has 1 amide bonds. The highest BCUT2D eigenvalue weighted by Crippen LogP contribution is 2.44. The van der Waals surface area contributed by atoms with Gasteiger partial charge in [-0.15, -0.1) is 0 Å². The Morgan fingerprint density at radius 1 is 1.00 bits per heavy atom. The Bertz CT molecular complexity index is 1560. The zero-order valence-electron chi connectivity index (χ0n) is 22.7. The van der Waals surface area contributed by atoms with Crippen molar-refractivity contribution in [3.63, 3.8) is 0 Å². The van der Waals surface area contributed by atoms with Gasteiger partial charge in [-0.05, 0) is 74.1 Å². The Kier molecular flexibility index (Phi) is 6.57. The standard InChI is InChI=1S/C31H32ClN5O4/c32-25-4-1-3-23(18-5-6-18)27(25)30(39)37-26-15-21(29(38)35-16-22(17-35)36-14-2-13-33-36)11-12-24(26)28(34-37)19-7-9-20(10-8-19)31(40)41/h1-4,7,13-14,18,20-22H,5-6,8-12,15-17H2,(H,40,41). The molecule has 1 N–H and O–H groups in total. The van der Waals surface area contributed by atoms with Crippen LogP contribution >= 0.6 is 11.6 Å². The number of hydrogen-bond donors (Lipinski definition) is 1. The van der Waals surface area contributed by atoms with E-state index in [-0.39, 0.29) is 23.8 Å². The number of fused-ring (bicyclic) bond motifs is 1. The van der Waals surface area contributed by atoms with E-state index in [1.54, 1.807) is 12.3 Å². The number of halogens is 1. The summed E-state index contributed by atoms with van der Waals surface area (Å²) in [5.41, 5.74) is 4.99. The van der Waals surface area contributed by atoms with Gasteiger partial charge in [0.1, 0.15) is 0 Å². The van der Waals surface area contributed by atoms with E-state index in [4.69, 9.17) is 16.7 Å². The molecule has 10 heteroatoms. The van der Waals surface area contributed by atoms with Crippen LogP contribution in [0, 0.1) is 11.8 Å². The number of carbonyl (C=O) groups is 3. The van der Waals surface area contributed by atoms with Crippen molar-refractivity contribution in [2.24, 2.45) is 11.8 Å². The molecule has 2 fully saturated rings. The van der Waals surface area contributed by atoms with Crippen LogP contribution < -0.4 is 0 Å². The summed E-state index contributed by atoms with van der Waals surface area (Å²) in [5.74, 6) is -1.23. The van der Waals surface area contributed by atoms with Crippen LogP contribution in [0.1, 0.15) is 83.4 Å². The van der Waals surface area contributed by atoms with Crippen molar-refractivity contribution in [1.29, 1.82) is 0 Å². The Morgan fingerprint density at radius 2 is 1.80 bits per heavy atom. The molecule has 2 unspecified atom stereocenters. The third kappa shape index (κ3) is 4.70. The highest BCUT2D eigenvalue weighted by Gasteiger charge is 2.40. The Balaban J connectivity index is 1.21. The number of rotatable bonds is 6. The fraction of sp³-hybridized carbons (Fsp3) is 0.452. The number of carboxylic acids is 1. The zero-order chi connectivity index (χ0) is 28.2. The van der Waals surface area contributed by atoms with Crippen molar-refractivity contribution in [1.82, 2.24) is 24.5 Å². The average molecular weight is 574 g/mol. The molecule has 0 spiro atoms. The number of aliphatic carboxylic acids is 1. The highest BCUT2D eigenvalue weighted by atomic mass is 35.5. The van der Waals surface area contributed by atoms with Crippen LogP contribution in [-0.4, -0.2) is 60.4 Å². The van der Waals surface area contributed by atoms with Crippen LogP contribution in [0.2, 0.25) is 5.02 Å². The van der Waals surface area contributed by atoms with Crippen LogP contribution in [0.3, 0.4) is 0 Å². The minimum atomic E-state index is -0.781. The Morgan fingerprint density at radius 3 is 2.49 bits per heavy atom. The molecule has 2 aromatic heterocycles. The van der Waals surface area contributed by atoms with Crippen LogP contribution in [0.4, 0.5) is 0 Å². The number of amides is 1. The minimum absolute atomic E-state index is 0.110. The highest BCUT2D eigenvalue weighted by molar-refractivity contribution is 6.34. The lowest BCUT2D eigenvalue weighted by Gasteiger charge is -2.41. The lowest BCUT2D eigenvalue weighted by atomic mass is 9.82. The van der Waals surface area contributed by atoms with E-state index < -0.39 is 11.9 Å². The summed E-state index contributed by atoms with van der Waals surface area (Å²) in [7, 11) is 0. The first-order valence-corrected chi connectivity index (χ1v) is 14.9. The Labute approximate surface area is 242 Å². The summed E-state index contributed by atoms with van der Waals surface area (Å²) in [6, 6.07) is 7.70. The summed E-state index contributed by atoms with van der Waals surface area (Å²) in [4.78, 5) is 41.2. The van der Waals surface area contributed by atoms with Crippen molar-refractivity contribution in [2.45, 2.75) is 63.3 Å². The van der Waals surface area contributed by atoms with E-state index in [1.807, 2.05) is 40.1 Å². The van der Waals surface area contributed by atoms with E-state index in [2.05, 4.69) is 5.10 Å². The molecule has 1 saturated carbocycles. The summed E-state index contributed by atoms with van der Waals surface area (Å²) < 4.78 is 3.40. The second-order valence-corrected chi connectivity index (χ2v) is 12.2. The molecule has 4 aliphatic rings. The number of carboxylic acid groups (broad SMARTS) is 1. The van der Waals surface area contributed by atoms with Crippen LogP contribution in [0.15, 0.2) is 42.7 Å². The second-order valence-electron chi connectivity index (χ2n) is 11.8. The smallest absolute Gasteiger partial charge is 0.306 e. The molecule has 0 radical (unpaired) electrons. The molecule has 0 bridgehead atoms. The SMILES string of the molecule is O=C(O)C1CC=C(c2nn(C(=O)c3c(Cl)cccc3C3CC3)c3c2CCC(C(=O)N2CC(n4cccn4)C2)C3)CC1. The van der Waals surface area contributed by atoms with E-state index in [0.29, 0.717) is 68.1 Å². The molecule has 7 rings (SSSR count). The third-order valence-corrected chi connectivity index (χ3v) is 9.54. The van der Waals surface area contributed by atoms with E-state index in [1.165, 1.54) is 4.68 Å². The molecule has 3 aromatic rings. The fourth-order valence-corrected chi connectivity index (χ4v) is 6.95. The van der Waals surface area contributed by atoms with Crippen molar-refractivity contribution in [2.75, 3.05) is 13.1 Å². The minimum Gasteiger partial charge on any atom is -0.481 e. The molecular weight excluding hydrogens is 542 g/mol. The maximum absolute atomic E-state index is 14.2. The van der Waals surface area contributed by atoms with Crippen LogP contribution in [0.5, 0.6) is 0 Å². The first-order chi connectivity index (χ1) is 19.9. The topological polar surface area (TPSA) is 110 Å². The number of benzene rings is 1. The number of allylic oxidation sites excluding steroid dienone is 2. The molecule has 1 saturated heterocycles. The summed E-state index contributed by atoms with van der Waals surface area (Å²) in [6.07, 6.45) is 11.1. The summed E-state index contributed by atoms with van der Waals surface area (Å²) in [5, 5.41) is 19.1. The summed E-state index contributed by atoms with van der Waals surface area (Å²) >= 11 is 6.64. The maximum atomic E-state index is 14.2. The lowest BCUT2D eigenvalue weighted by Crippen LogP contribution is -2.53. The third-order valence-electron chi connectivity index (χ3n) is 9.23. The largest absolute Gasteiger partial charge is 0.481 e. The average Bonchev–Trinajstić information content (AvgIpc) is 3.53. The van der Waals surface area contributed by atoms with Gasteiger partial charge in [-0.1, -0.05) is 29.8 Å². The summed E-state index contributed by atoms with van der Waals surface area (Å²) in [6.45, 7) is 1.27. The molecule has 41 heavy (non-hydrogen) atoms. The maximum Gasteiger partial charge on any atom is 0.306 e. The van der Waals surface area contributed by atoms with Crippen LogP contribution in [0.25, 0.3) is 5.57 Å². The normalized spacial score (nSPS) is 22.6. The predicted molar refractivity (Wildman–Crippen MR) is 152 cm³/mol. The van der Waals surface area contributed by atoms with Crippen molar-refractivity contribution < 1.29 is 19.5 Å². The molecular formula is C31H32ClN5O4. The molecule has 1 aliphatic heterocycles. The van der Waals surface area contributed by atoms with E-state index >= 15 is 0 Å². The van der Waals surface area contributed by atoms with Gasteiger partial charge in [0.15, 0.2) is 0 Å². The molecule has 3 aliphatic carbocycles. The number of aromatic nitrogens is 4. The van der Waals surface area contributed by atoms with Crippen molar-refractivity contribution in [3.05, 3.63) is 75.8 Å². The monoisotopic (exact) mass is 573 g/mol. The second kappa shape index (κ2) is 10.3. The number of hydrogen-bond acceptors (Lipinski definition) is 5. The number of nitrogens with zero attached hydrogens (tertiary/aromatic N) is 5. The van der Waals surface area contributed by atoms with Gasteiger partial charge in [0.2, 0.25) is 5.91 Å². The van der Waals surface area contributed by atoms with Gasteiger partial charge in [0, 0.05) is 43.4 Å². The van der Waals surface area contributed by atoms with Gasteiger partial charge in [0.25, 0.3) is 5.91 Å². The van der Waals surface area contributed by atoms with Gasteiger partial charge < -0.3 is 10.0 Å². The number of likely N-dealkylation sites (tertiary alicyclic amines) is 1. The first kappa shape index (κ1) is 26.2. The van der Waals surface area contributed by atoms with Crippen molar-refractivity contribution >= 4 is 35.0 Å². The van der Waals surface area contributed by atoms with Crippen LogP contribution in [-0.2, 0) is 22.4 Å². The molecule has 1 aromatic carbocycles. The van der Waals surface area contributed by atoms with E-state index in [9.17, 15) is 19.5 Å². The van der Waals surface area contributed by atoms with Gasteiger partial charge >= 0.3 is 5.97 Å². The quantitative estimate of drug-likeness (QED) is 0.455. The van der Waals surface area contributed by atoms with Crippen molar-refractivity contribution in [3.8, 4) is 0 Å². The predicted octanol–water partition coefficient (Wildman–Crippen LogP) is 4.76.